The first-order valence-corrected chi connectivity index (χ1v) is 3.11. The Labute approximate surface area is 84.1 Å². The first-order chi connectivity index (χ1) is 4.84. The molecule has 12 heavy (non-hydrogen) atoms. The average Bonchev–Trinajstić information content (AvgIpc) is 2.05. The lowest BCUT2D eigenvalue weighted by molar-refractivity contribution is 0.0634. The van der Waals surface area contributed by atoms with Crippen molar-refractivity contribution in [3.05, 3.63) is 30.1 Å². The zero-order chi connectivity index (χ0) is 7.40. The lowest BCUT2D eigenvalue weighted by Crippen LogP contribution is -2.06. The molecule has 0 aliphatic heterocycles. The van der Waals surface area contributed by atoms with Crippen molar-refractivity contribution in [1.29, 1.82) is 0 Å². The Morgan fingerprint density at radius 3 is 2.50 bits per heavy atom. The van der Waals surface area contributed by atoms with Gasteiger partial charge in [0.25, 0.3) is 0 Å². The highest BCUT2D eigenvalue weighted by atomic mass is 35.5. The number of nitrogens with zero attached hydrogens (tertiary/aromatic N) is 1. The van der Waals surface area contributed by atoms with Gasteiger partial charge in [0, 0.05) is 6.20 Å². The maximum atomic E-state index is 4.96. The fourth-order valence-electron chi connectivity index (χ4n) is 0.686. The van der Waals surface area contributed by atoms with Gasteiger partial charge in [-0.05, 0) is 19.1 Å². The highest BCUT2D eigenvalue weighted by molar-refractivity contribution is 5.85. The third-order valence-corrected chi connectivity index (χ3v) is 1.31. The molecule has 0 radical (unpaired) electrons. The molecule has 1 atom stereocenters. The first kappa shape index (κ1) is 14.2. The number of hydrogen-bond acceptors (Lipinski definition) is 3. The molecule has 0 saturated heterocycles. The van der Waals surface area contributed by atoms with Crippen molar-refractivity contribution < 1.29 is 4.84 Å². The van der Waals surface area contributed by atoms with E-state index in [1.807, 2.05) is 25.1 Å². The molecule has 0 fully saturated rings. The summed E-state index contributed by atoms with van der Waals surface area (Å²) < 4.78 is 0. The molecule has 0 amide bonds. The summed E-state index contributed by atoms with van der Waals surface area (Å²) in [5, 5.41) is 0. The van der Waals surface area contributed by atoms with Crippen LogP contribution in [-0.4, -0.2) is 4.98 Å². The zero-order valence-corrected chi connectivity index (χ0v) is 8.27. The fourth-order valence-corrected chi connectivity index (χ4v) is 0.686. The Kier molecular flexibility index (Phi) is 8.64. The number of nitrogens with two attached hydrogens (primary N) is 1. The lowest BCUT2D eigenvalue weighted by atomic mass is 10.2. The smallest absolute Gasteiger partial charge is 0.118 e. The van der Waals surface area contributed by atoms with Crippen LogP contribution in [0.25, 0.3) is 0 Å². The van der Waals surface area contributed by atoms with Crippen molar-refractivity contribution in [2.75, 3.05) is 0 Å². The average molecular weight is 211 g/mol. The minimum absolute atomic E-state index is 0. The van der Waals surface area contributed by atoms with Gasteiger partial charge in [0.15, 0.2) is 0 Å². The number of halogens is 2. The van der Waals surface area contributed by atoms with Gasteiger partial charge in [-0.2, -0.15) is 0 Å². The summed E-state index contributed by atoms with van der Waals surface area (Å²) in [6, 6.07) is 5.63. The van der Waals surface area contributed by atoms with Gasteiger partial charge in [0.05, 0.1) is 5.69 Å². The highest BCUT2D eigenvalue weighted by Crippen LogP contribution is 2.09. The molecule has 5 heteroatoms. The van der Waals surface area contributed by atoms with Crippen molar-refractivity contribution in [3.8, 4) is 0 Å². The van der Waals surface area contributed by atoms with Gasteiger partial charge in [0.2, 0.25) is 0 Å². The molecule has 2 N–H and O–H groups in total. The van der Waals surface area contributed by atoms with Gasteiger partial charge in [0.1, 0.15) is 6.10 Å². The molecule has 0 spiro atoms. The van der Waals surface area contributed by atoms with Gasteiger partial charge < -0.3 is 0 Å². The largest absolute Gasteiger partial charge is 0.295 e. The van der Waals surface area contributed by atoms with E-state index < -0.39 is 0 Å². The molecule has 1 rings (SSSR count). The standard InChI is InChI=1S/C7H10N2O.2ClH/c1-6(10-8)7-4-2-3-5-9-7;;/h2-6H,8H2,1H3;2*1H. The molecule has 0 saturated carbocycles. The molecule has 3 nitrogen and oxygen atoms in total. The topological polar surface area (TPSA) is 48.1 Å². The van der Waals surface area contributed by atoms with E-state index in [0.717, 1.165) is 5.69 Å². The second-order valence-electron chi connectivity index (χ2n) is 2.03. The molecule has 0 aliphatic carbocycles. The van der Waals surface area contributed by atoms with Crippen LogP contribution in [0.4, 0.5) is 0 Å². The molecule has 70 valence electrons. The van der Waals surface area contributed by atoms with Gasteiger partial charge in [-0.3, -0.25) is 9.82 Å². The van der Waals surface area contributed by atoms with Crippen molar-refractivity contribution in [1.82, 2.24) is 4.98 Å². The Bertz CT molecular complexity index is 196. The zero-order valence-electron chi connectivity index (χ0n) is 6.64. The Hall–Kier alpha value is -0.350. The van der Waals surface area contributed by atoms with Crippen molar-refractivity contribution in [3.63, 3.8) is 0 Å². The number of rotatable bonds is 2. The molecule has 1 aromatic rings. The quantitative estimate of drug-likeness (QED) is 0.759. The van der Waals surface area contributed by atoms with Crippen LogP contribution in [0.15, 0.2) is 24.4 Å². The van der Waals surface area contributed by atoms with E-state index in [4.69, 9.17) is 5.90 Å². The van der Waals surface area contributed by atoms with Crippen LogP contribution in [0.5, 0.6) is 0 Å². The second kappa shape index (κ2) is 7.31. The highest BCUT2D eigenvalue weighted by Gasteiger charge is 2.02. The number of aromatic nitrogens is 1. The SMILES string of the molecule is CC(ON)c1ccccn1.Cl.Cl. The number of hydrogen-bond donors (Lipinski definition) is 1. The van der Waals surface area contributed by atoms with E-state index >= 15 is 0 Å². The molecule has 1 unspecified atom stereocenters. The van der Waals surface area contributed by atoms with Crippen LogP contribution in [0.3, 0.4) is 0 Å². The Morgan fingerprint density at radius 2 is 2.08 bits per heavy atom. The van der Waals surface area contributed by atoms with Crippen LogP contribution in [-0.2, 0) is 4.84 Å². The summed E-state index contributed by atoms with van der Waals surface area (Å²) in [4.78, 5) is 8.62. The summed E-state index contributed by atoms with van der Waals surface area (Å²) in [6.45, 7) is 1.85. The maximum absolute atomic E-state index is 4.96. The van der Waals surface area contributed by atoms with Crippen molar-refractivity contribution in [2.45, 2.75) is 13.0 Å². The third kappa shape index (κ3) is 3.88. The lowest BCUT2D eigenvalue weighted by Gasteiger charge is -2.05. The summed E-state index contributed by atoms with van der Waals surface area (Å²) in [5.74, 6) is 4.96. The summed E-state index contributed by atoms with van der Waals surface area (Å²) in [6.07, 6.45) is 1.59. The fraction of sp³-hybridized carbons (Fsp3) is 0.286. The summed E-state index contributed by atoms with van der Waals surface area (Å²) in [5.41, 5.74) is 0.852. The van der Waals surface area contributed by atoms with Crippen molar-refractivity contribution >= 4 is 24.8 Å². The normalized spacial score (nSPS) is 10.8. The van der Waals surface area contributed by atoms with Crippen LogP contribution < -0.4 is 5.90 Å². The van der Waals surface area contributed by atoms with Gasteiger partial charge in [-0.25, -0.2) is 5.90 Å². The Balaban J connectivity index is 0. The van der Waals surface area contributed by atoms with Crippen LogP contribution in [0, 0.1) is 0 Å². The van der Waals surface area contributed by atoms with E-state index in [0.29, 0.717) is 0 Å². The number of pyridine rings is 1. The molecular formula is C7H12Cl2N2O. The predicted octanol–water partition coefficient (Wildman–Crippen LogP) is 1.88. The first-order valence-electron chi connectivity index (χ1n) is 3.11. The minimum Gasteiger partial charge on any atom is -0.295 e. The molecule has 1 aromatic heterocycles. The van der Waals surface area contributed by atoms with E-state index in [1.165, 1.54) is 0 Å². The second-order valence-corrected chi connectivity index (χ2v) is 2.03. The van der Waals surface area contributed by atoms with Crippen LogP contribution >= 0.6 is 24.8 Å². The molecule has 0 aromatic carbocycles. The minimum atomic E-state index is -0.124. The monoisotopic (exact) mass is 210 g/mol. The van der Waals surface area contributed by atoms with E-state index in [9.17, 15) is 0 Å². The van der Waals surface area contributed by atoms with E-state index in [2.05, 4.69) is 9.82 Å². The van der Waals surface area contributed by atoms with Gasteiger partial charge in [-0.15, -0.1) is 24.8 Å². The summed E-state index contributed by atoms with van der Waals surface area (Å²) >= 11 is 0. The molecule has 0 aliphatic rings. The van der Waals surface area contributed by atoms with E-state index in [-0.39, 0.29) is 30.9 Å². The predicted molar refractivity (Wildman–Crippen MR) is 52.4 cm³/mol. The molecular weight excluding hydrogens is 199 g/mol. The van der Waals surface area contributed by atoms with Crippen LogP contribution in [0.1, 0.15) is 18.7 Å². The molecule has 0 bridgehead atoms. The maximum Gasteiger partial charge on any atom is 0.118 e. The Morgan fingerprint density at radius 1 is 1.42 bits per heavy atom. The van der Waals surface area contributed by atoms with Gasteiger partial charge >= 0.3 is 0 Å². The van der Waals surface area contributed by atoms with Crippen LogP contribution in [0.2, 0.25) is 0 Å². The molecule has 1 heterocycles. The summed E-state index contributed by atoms with van der Waals surface area (Å²) in [7, 11) is 0. The van der Waals surface area contributed by atoms with Gasteiger partial charge in [-0.1, -0.05) is 6.07 Å². The third-order valence-electron chi connectivity index (χ3n) is 1.31. The van der Waals surface area contributed by atoms with Crippen molar-refractivity contribution in [2.24, 2.45) is 5.90 Å². The van der Waals surface area contributed by atoms with E-state index in [1.54, 1.807) is 6.20 Å².